The summed E-state index contributed by atoms with van der Waals surface area (Å²) in [5.41, 5.74) is 1.33. The van der Waals surface area contributed by atoms with E-state index in [1.165, 1.54) is 28.3 Å². The number of nitrogens with one attached hydrogen (secondary N) is 1. The van der Waals surface area contributed by atoms with Crippen LogP contribution < -0.4 is 5.49 Å². The average Bonchev–Trinajstić information content (AvgIpc) is 2.56. The van der Waals surface area contributed by atoms with Crippen molar-refractivity contribution < 1.29 is 8.42 Å². The minimum Gasteiger partial charge on any atom is -0.284 e. The Morgan fingerprint density at radius 3 is 2.54 bits per heavy atom. The molecule has 0 bridgehead atoms. The third-order valence-electron chi connectivity index (χ3n) is 3.56. The van der Waals surface area contributed by atoms with Crippen molar-refractivity contribution in [3.63, 3.8) is 0 Å². The first-order valence-corrected chi connectivity index (χ1v) is 10.5. The van der Waals surface area contributed by atoms with Crippen LogP contribution in [-0.2, 0) is 9.84 Å². The van der Waals surface area contributed by atoms with E-state index in [9.17, 15) is 8.42 Å². The zero-order valence-corrected chi connectivity index (χ0v) is 16.2. The van der Waals surface area contributed by atoms with Crippen molar-refractivity contribution in [1.29, 1.82) is 5.41 Å². The normalized spacial score (nSPS) is 11.8. The van der Waals surface area contributed by atoms with Crippen LogP contribution in [0.4, 0.5) is 0 Å². The fourth-order valence-corrected chi connectivity index (χ4v) is 5.42. The largest absolute Gasteiger partial charge is 0.284 e. The Labute approximate surface area is 152 Å². The van der Waals surface area contributed by atoms with Crippen molar-refractivity contribution in [2.24, 2.45) is 0 Å². The molecule has 8 heteroatoms. The van der Waals surface area contributed by atoms with Gasteiger partial charge in [0.25, 0.3) is 0 Å². The van der Waals surface area contributed by atoms with Gasteiger partial charge in [-0.2, -0.15) is 0 Å². The van der Waals surface area contributed by atoms with E-state index in [0.717, 1.165) is 10.0 Å². The molecule has 0 unspecified atom stereocenters. The topological polar surface area (TPSA) is 75.3 Å². The Balaban J connectivity index is 2.45. The van der Waals surface area contributed by atoms with Crippen LogP contribution in [0.2, 0.25) is 0 Å². The molecule has 5 nitrogen and oxygen atoms in total. The number of rotatable bonds is 3. The van der Waals surface area contributed by atoms with E-state index < -0.39 is 9.84 Å². The van der Waals surface area contributed by atoms with Crippen LogP contribution in [-0.4, -0.2) is 24.1 Å². The number of halogens is 1. The summed E-state index contributed by atoms with van der Waals surface area (Å²) in [6.07, 6.45) is 3.42. The number of aromatic nitrogens is 2. The maximum Gasteiger partial charge on any atom is 0.212 e. The molecule has 0 spiro atoms. The molecular weight excluding hydrogens is 410 g/mol. The highest BCUT2D eigenvalue weighted by molar-refractivity contribution is 9.10. The first-order valence-electron chi connectivity index (χ1n) is 6.97. The van der Waals surface area contributed by atoms with Crippen LogP contribution in [0.3, 0.4) is 0 Å². The standard InChI is InChI=1S/C16H14BrN3O2S2/c1-10-8-11(17)9-20-14(18)13(16(23-2)19-15(10)20)24(21,22)12-6-4-3-5-7-12/h3-9,18H,1-2H3. The Hall–Kier alpha value is -1.64. The van der Waals surface area contributed by atoms with Gasteiger partial charge in [-0.1, -0.05) is 18.2 Å². The lowest BCUT2D eigenvalue weighted by Crippen LogP contribution is -2.25. The molecule has 0 radical (unpaired) electrons. The monoisotopic (exact) mass is 423 g/mol. The van der Waals surface area contributed by atoms with Crippen molar-refractivity contribution in [2.45, 2.75) is 21.7 Å². The predicted molar refractivity (Wildman–Crippen MR) is 97.2 cm³/mol. The molecule has 3 rings (SSSR count). The zero-order chi connectivity index (χ0) is 17.5. The van der Waals surface area contributed by atoms with Crippen molar-refractivity contribution in [3.05, 3.63) is 58.1 Å². The lowest BCUT2D eigenvalue weighted by atomic mass is 10.3. The van der Waals surface area contributed by atoms with Crippen LogP contribution in [0.15, 0.2) is 61.9 Å². The summed E-state index contributed by atoms with van der Waals surface area (Å²) >= 11 is 4.61. The van der Waals surface area contributed by atoms with Crippen molar-refractivity contribution >= 4 is 43.2 Å². The number of hydrogen-bond donors (Lipinski definition) is 1. The highest BCUT2D eigenvalue weighted by atomic mass is 79.9. The quantitative estimate of drug-likeness (QED) is 0.516. The smallest absolute Gasteiger partial charge is 0.212 e. The van der Waals surface area contributed by atoms with Gasteiger partial charge in [0.05, 0.1) is 4.90 Å². The third-order valence-corrected chi connectivity index (χ3v) is 6.62. The van der Waals surface area contributed by atoms with Crippen LogP contribution in [0.25, 0.3) is 5.65 Å². The van der Waals surface area contributed by atoms with Gasteiger partial charge in [0.1, 0.15) is 15.6 Å². The molecule has 1 aromatic carbocycles. The first-order chi connectivity index (χ1) is 11.4. The van der Waals surface area contributed by atoms with Crippen molar-refractivity contribution in [2.75, 3.05) is 6.26 Å². The van der Waals surface area contributed by atoms with Crippen LogP contribution in [0.1, 0.15) is 5.56 Å². The number of sulfone groups is 1. The molecule has 3 aromatic rings. The van der Waals surface area contributed by atoms with E-state index in [4.69, 9.17) is 5.41 Å². The SMILES string of the molecule is CSc1nc2c(C)cc(Br)cn2c(=N)c1S(=O)(=O)c1ccccc1. The molecule has 124 valence electrons. The number of hydrogen-bond acceptors (Lipinski definition) is 5. The van der Waals surface area contributed by atoms with E-state index in [0.29, 0.717) is 10.7 Å². The van der Waals surface area contributed by atoms with Gasteiger partial charge in [0.2, 0.25) is 9.84 Å². The second-order valence-electron chi connectivity index (χ2n) is 5.15. The number of pyridine rings is 1. The summed E-state index contributed by atoms with van der Waals surface area (Å²) in [5.74, 6) is 0. The van der Waals surface area contributed by atoms with Gasteiger partial charge < -0.3 is 0 Å². The molecule has 0 saturated carbocycles. The van der Waals surface area contributed by atoms with Gasteiger partial charge >= 0.3 is 0 Å². The van der Waals surface area contributed by atoms with Crippen LogP contribution in [0.5, 0.6) is 0 Å². The lowest BCUT2D eigenvalue weighted by Gasteiger charge is -2.13. The summed E-state index contributed by atoms with van der Waals surface area (Å²) < 4.78 is 28.4. The van der Waals surface area contributed by atoms with E-state index in [2.05, 4.69) is 20.9 Å². The lowest BCUT2D eigenvalue weighted by molar-refractivity contribution is 0.588. The second-order valence-corrected chi connectivity index (χ2v) is 8.75. The number of nitrogens with zero attached hydrogens (tertiary/aromatic N) is 2. The highest BCUT2D eigenvalue weighted by Gasteiger charge is 2.26. The number of thioether (sulfide) groups is 1. The van der Waals surface area contributed by atoms with E-state index in [1.807, 2.05) is 13.0 Å². The molecule has 1 N–H and O–H groups in total. The van der Waals surface area contributed by atoms with Gasteiger partial charge in [-0.3, -0.25) is 9.81 Å². The van der Waals surface area contributed by atoms with E-state index in [-0.39, 0.29) is 15.3 Å². The van der Waals surface area contributed by atoms with E-state index in [1.54, 1.807) is 30.7 Å². The molecule has 0 saturated heterocycles. The maximum absolute atomic E-state index is 13.0. The molecule has 0 aliphatic rings. The Bertz CT molecular complexity index is 1090. The van der Waals surface area contributed by atoms with E-state index >= 15 is 0 Å². The van der Waals surface area contributed by atoms with Crippen molar-refractivity contribution in [3.8, 4) is 0 Å². The number of aryl methyl sites for hydroxylation is 1. The van der Waals surface area contributed by atoms with Gasteiger partial charge in [0, 0.05) is 10.7 Å². The molecular formula is C16H14BrN3O2S2. The molecule has 0 fully saturated rings. The molecule has 0 atom stereocenters. The fourth-order valence-electron chi connectivity index (χ4n) is 2.45. The molecule has 0 amide bonds. The predicted octanol–water partition coefficient (Wildman–Crippen LogP) is 3.44. The highest BCUT2D eigenvalue weighted by Crippen LogP contribution is 2.27. The molecule has 2 aromatic heterocycles. The van der Waals surface area contributed by atoms with Gasteiger partial charge in [-0.05, 0) is 52.9 Å². The molecule has 2 heterocycles. The Morgan fingerprint density at radius 1 is 1.25 bits per heavy atom. The van der Waals surface area contributed by atoms with Gasteiger partial charge in [-0.25, -0.2) is 13.4 Å². The zero-order valence-electron chi connectivity index (χ0n) is 12.9. The van der Waals surface area contributed by atoms with Crippen LogP contribution >= 0.6 is 27.7 Å². The minimum atomic E-state index is -3.84. The Kier molecular flexibility index (Phi) is 4.54. The average molecular weight is 424 g/mol. The summed E-state index contributed by atoms with van der Waals surface area (Å²) in [4.78, 5) is 4.57. The second kappa shape index (κ2) is 6.34. The fraction of sp³-hybridized carbons (Fsp3) is 0.125. The summed E-state index contributed by atoms with van der Waals surface area (Å²) in [7, 11) is -3.84. The number of benzene rings is 1. The first kappa shape index (κ1) is 17.2. The van der Waals surface area contributed by atoms with Gasteiger partial charge in [-0.15, -0.1) is 11.8 Å². The minimum absolute atomic E-state index is 0.0730. The van der Waals surface area contributed by atoms with Crippen LogP contribution in [0, 0.1) is 12.3 Å². The Morgan fingerprint density at radius 2 is 1.92 bits per heavy atom. The maximum atomic E-state index is 13.0. The number of fused-ring (bicyclic) bond motifs is 1. The third kappa shape index (κ3) is 2.78. The summed E-state index contributed by atoms with van der Waals surface area (Å²) in [5, 5.41) is 8.82. The summed E-state index contributed by atoms with van der Waals surface area (Å²) in [6, 6.07) is 10.0. The van der Waals surface area contributed by atoms with Gasteiger partial charge in [0.15, 0.2) is 5.49 Å². The molecule has 0 aliphatic carbocycles. The summed E-state index contributed by atoms with van der Waals surface area (Å²) in [6.45, 7) is 1.88. The molecule has 24 heavy (non-hydrogen) atoms. The molecule has 0 aliphatic heterocycles. The van der Waals surface area contributed by atoms with Crippen molar-refractivity contribution in [1.82, 2.24) is 9.38 Å².